The van der Waals surface area contributed by atoms with Crippen LogP contribution in [-0.2, 0) is 28.5 Å². The number of aromatic hydroxyl groups is 1. The molecule has 8 rings (SSSR count). The van der Waals surface area contributed by atoms with Crippen molar-refractivity contribution >= 4 is 17.3 Å². The second-order valence-corrected chi connectivity index (χ2v) is 12.7. The summed E-state index contributed by atoms with van der Waals surface area (Å²) in [6, 6.07) is 10.7. The number of fused-ring (bicyclic) bond motifs is 4. The van der Waals surface area contributed by atoms with Crippen LogP contribution >= 0.6 is 11.3 Å². The van der Waals surface area contributed by atoms with Crippen molar-refractivity contribution in [3.8, 4) is 28.7 Å². The van der Waals surface area contributed by atoms with E-state index in [-0.39, 0.29) is 37.3 Å². The molecule has 0 radical (unpaired) electrons. The molecule has 3 aromatic rings. The number of hydrogen-bond acceptors (Lipinski definition) is 14. The molecule has 14 heteroatoms. The Morgan fingerprint density at radius 1 is 0.913 bits per heavy atom. The number of phenolic OH excluding ortho intramolecular Hbond substituents is 1. The first-order chi connectivity index (χ1) is 22.4. The monoisotopic (exact) mass is 656 g/mol. The van der Waals surface area contributed by atoms with Gasteiger partial charge in [-0.3, -0.25) is 4.79 Å². The molecule has 2 aromatic carbocycles. The number of rotatable bonds is 6. The summed E-state index contributed by atoms with van der Waals surface area (Å²) >= 11 is 1.46. The lowest BCUT2D eigenvalue weighted by molar-refractivity contribution is -0.368. The van der Waals surface area contributed by atoms with Crippen molar-refractivity contribution in [1.29, 1.82) is 0 Å². The Hall–Kier alpha value is -3.63. The van der Waals surface area contributed by atoms with E-state index >= 15 is 0 Å². The number of aliphatic hydroxyl groups excluding tert-OH is 2. The maximum atomic E-state index is 13.5. The predicted octanol–water partition coefficient (Wildman–Crippen LogP) is 2.75. The van der Waals surface area contributed by atoms with Crippen LogP contribution in [0.15, 0.2) is 41.8 Å². The molecule has 1 aromatic heterocycles. The number of methoxy groups -OCH3 is 2. The van der Waals surface area contributed by atoms with E-state index in [1.807, 2.05) is 23.6 Å². The molecule has 244 valence electrons. The number of carbonyl (C=O) groups excluding carboxylic acids is 1. The summed E-state index contributed by atoms with van der Waals surface area (Å²) in [5.41, 5.74) is 2.00. The Morgan fingerprint density at radius 3 is 2.35 bits per heavy atom. The van der Waals surface area contributed by atoms with Crippen LogP contribution in [-0.4, -0.2) is 86.2 Å². The van der Waals surface area contributed by atoms with E-state index in [0.29, 0.717) is 28.2 Å². The van der Waals surface area contributed by atoms with Gasteiger partial charge in [0.2, 0.25) is 12.5 Å². The summed E-state index contributed by atoms with van der Waals surface area (Å²) in [6.45, 7) is 0.171. The fourth-order valence-corrected chi connectivity index (χ4v) is 7.89. The van der Waals surface area contributed by atoms with E-state index in [4.69, 9.17) is 42.6 Å². The average Bonchev–Trinajstić information content (AvgIpc) is 3.85. The zero-order chi connectivity index (χ0) is 31.7. The molecule has 3 saturated heterocycles. The third-order valence-electron chi connectivity index (χ3n) is 9.37. The molecule has 0 spiro atoms. The van der Waals surface area contributed by atoms with Crippen LogP contribution in [0.1, 0.15) is 39.9 Å². The highest BCUT2D eigenvalue weighted by Gasteiger charge is 2.56. The number of aliphatic hydroxyl groups is 2. The molecule has 13 nitrogen and oxygen atoms in total. The summed E-state index contributed by atoms with van der Waals surface area (Å²) in [5, 5.41) is 35.0. The van der Waals surface area contributed by atoms with E-state index in [2.05, 4.69) is 0 Å². The maximum Gasteiger partial charge on any atom is 0.310 e. The fraction of sp³-hybridized carbons (Fsp3) is 0.469. The van der Waals surface area contributed by atoms with Crippen molar-refractivity contribution in [1.82, 2.24) is 0 Å². The van der Waals surface area contributed by atoms with E-state index in [1.165, 1.54) is 25.6 Å². The molecule has 0 saturated carbocycles. The molecule has 4 aliphatic heterocycles. The lowest BCUT2D eigenvalue weighted by Gasteiger charge is -2.48. The Labute approximate surface area is 267 Å². The molecule has 10 atom stereocenters. The van der Waals surface area contributed by atoms with Crippen LogP contribution in [0, 0.1) is 11.8 Å². The van der Waals surface area contributed by atoms with Crippen molar-refractivity contribution < 1.29 is 62.7 Å². The molecule has 5 heterocycles. The Balaban J connectivity index is 1.16. The normalized spacial score (nSPS) is 34.3. The lowest BCUT2D eigenvalue weighted by atomic mass is 9.66. The SMILES string of the molecule is COc1cc([C@@H]2c3cc4c(cc3[C@@H](O[C@@H]3O[C@@H]5COC(c6cccs6)O[C@@H]5[C@H](O)[C@H]3O)C3COC(=O)C32)OCO4)cc(OC)c1O. The largest absolute Gasteiger partial charge is 0.502 e. The Kier molecular flexibility index (Phi) is 7.48. The van der Waals surface area contributed by atoms with Crippen LogP contribution in [0.4, 0.5) is 0 Å². The third-order valence-corrected chi connectivity index (χ3v) is 10.3. The second kappa shape index (κ2) is 11.6. The van der Waals surface area contributed by atoms with Gasteiger partial charge < -0.3 is 58.0 Å². The average molecular weight is 657 g/mol. The van der Waals surface area contributed by atoms with E-state index < -0.39 is 66.8 Å². The molecule has 46 heavy (non-hydrogen) atoms. The van der Waals surface area contributed by atoms with Gasteiger partial charge in [-0.1, -0.05) is 6.07 Å². The number of carbonyl (C=O) groups is 1. The smallest absolute Gasteiger partial charge is 0.310 e. The van der Waals surface area contributed by atoms with Crippen LogP contribution in [0.2, 0.25) is 0 Å². The molecule has 5 aliphatic rings. The minimum atomic E-state index is -1.47. The van der Waals surface area contributed by atoms with Crippen molar-refractivity contribution in [3.05, 3.63) is 63.3 Å². The first-order valence-corrected chi connectivity index (χ1v) is 15.8. The zero-order valence-electron chi connectivity index (χ0n) is 24.8. The van der Waals surface area contributed by atoms with Gasteiger partial charge in [-0.15, -0.1) is 11.3 Å². The molecular weight excluding hydrogens is 624 g/mol. The Morgan fingerprint density at radius 2 is 1.65 bits per heavy atom. The summed E-state index contributed by atoms with van der Waals surface area (Å²) < 4.78 is 52.6. The summed E-state index contributed by atoms with van der Waals surface area (Å²) in [4.78, 5) is 14.3. The molecular formula is C32H32O13S. The summed E-state index contributed by atoms with van der Waals surface area (Å²) in [7, 11) is 2.86. The Bertz CT molecular complexity index is 1600. The fourth-order valence-electron chi connectivity index (χ4n) is 7.18. The van der Waals surface area contributed by atoms with Gasteiger partial charge in [0.25, 0.3) is 0 Å². The van der Waals surface area contributed by atoms with Gasteiger partial charge in [-0.05, 0) is 52.4 Å². The van der Waals surface area contributed by atoms with Crippen molar-refractivity contribution in [2.24, 2.45) is 11.8 Å². The van der Waals surface area contributed by atoms with Gasteiger partial charge in [0, 0.05) is 11.8 Å². The molecule has 0 bridgehead atoms. The first-order valence-electron chi connectivity index (χ1n) is 14.9. The second-order valence-electron chi connectivity index (χ2n) is 11.8. The van der Waals surface area contributed by atoms with Crippen molar-refractivity contribution in [2.45, 2.75) is 49.0 Å². The lowest BCUT2D eigenvalue weighted by Crippen LogP contribution is -2.62. The number of ether oxygens (including phenoxy) is 9. The van der Waals surface area contributed by atoms with E-state index in [1.54, 1.807) is 18.2 Å². The quantitative estimate of drug-likeness (QED) is 0.333. The molecule has 3 fully saturated rings. The van der Waals surface area contributed by atoms with E-state index in [9.17, 15) is 20.1 Å². The van der Waals surface area contributed by atoms with Gasteiger partial charge in [0.05, 0.1) is 44.3 Å². The minimum Gasteiger partial charge on any atom is -0.502 e. The van der Waals surface area contributed by atoms with E-state index in [0.717, 1.165) is 4.88 Å². The highest BCUT2D eigenvalue weighted by molar-refractivity contribution is 7.10. The third kappa shape index (κ3) is 4.70. The van der Waals surface area contributed by atoms with Crippen LogP contribution in [0.5, 0.6) is 28.7 Å². The highest BCUT2D eigenvalue weighted by Crippen LogP contribution is 2.57. The molecule has 3 unspecified atom stereocenters. The molecule has 3 N–H and O–H groups in total. The summed E-state index contributed by atoms with van der Waals surface area (Å²) in [6.07, 6.45) is -7.16. The standard InChI is InChI=1S/C32H32O13S/c1-37-19-6-13(7-20(38-2)25(19)33)23-14-8-17-18(42-12-41-17)9-15(14)28(16-10-39-30(36)24(16)23)44-32-27(35)26(34)29-21(43-32)11-40-31(45-29)22-4-3-5-46-22/h3-9,16,21,23-24,26-29,31-35H,10-12H2,1-2H3/t16?,21-,23-,24?,26-,27-,28-,29+,31?,32+/m1/s1. The topological polar surface area (TPSA) is 161 Å². The minimum absolute atomic E-state index is 0.0242. The number of thiophene rings is 1. The number of benzene rings is 2. The number of phenols is 1. The molecule has 1 aliphatic carbocycles. The van der Waals surface area contributed by atoms with Gasteiger partial charge in [0.1, 0.15) is 24.4 Å². The number of esters is 1. The van der Waals surface area contributed by atoms with Crippen molar-refractivity contribution in [2.75, 3.05) is 34.2 Å². The number of hydrogen-bond donors (Lipinski definition) is 3. The van der Waals surface area contributed by atoms with Crippen LogP contribution < -0.4 is 18.9 Å². The van der Waals surface area contributed by atoms with Gasteiger partial charge in [-0.2, -0.15) is 0 Å². The molecule has 0 amide bonds. The zero-order valence-corrected chi connectivity index (χ0v) is 25.6. The van der Waals surface area contributed by atoms with Crippen LogP contribution in [0.3, 0.4) is 0 Å². The maximum absolute atomic E-state index is 13.5. The van der Waals surface area contributed by atoms with Crippen molar-refractivity contribution in [3.63, 3.8) is 0 Å². The summed E-state index contributed by atoms with van der Waals surface area (Å²) in [5.74, 6) is -1.08. The predicted molar refractivity (Wildman–Crippen MR) is 156 cm³/mol. The number of cyclic esters (lactones) is 1. The van der Waals surface area contributed by atoms with Crippen LogP contribution in [0.25, 0.3) is 0 Å². The van der Waals surface area contributed by atoms with Gasteiger partial charge in [-0.25, -0.2) is 0 Å². The highest BCUT2D eigenvalue weighted by atomic mass is 32.1. The van der Waals surface area contributed by atoms with Gasteiger partial charge >= 0.3 is 5.97 Å². The van der Waals surface area contributed by atoms with Gasteiger partial charge in [0.15, 0.2) is 35.6 Å². The first kappa shape index (κ1) is 29.8.